The van der Waals surface area contributed by atoms with Gasteiger partial charge in [-0.1, -0.05) is 11.6 Å². The quantitative estimate of drug-likeness (QED) is 0.834. The second-order valence-electron chi connectivity index (χ2n) is 2.64. The van der Waals surface area contributed by atoms with Crippen molar-refractivity contribution in [1.82, 2.24) is 5.32 Å². The maximum Gasteiger partial charge on any atom is 0.325 e. The van der Waals surface area contributed by atoms with Crippen molar-refractivity contribution in [2.75, 3.05) is 0 Å². The van der Waals surface area contributed by atoms with Gasteiger partial charge in [0.05, 0.1) is 9.21 Å². The van der Waals surface area contributed by atoms with Crippen LogP contribution in [0.15, 0.2) is 12.1 Å². The third kappa shape index (κ3) is 2.71. The van der Waals surface area contributed by atoms with Crippen LogP contribution in [-0.2, 0) is 4.79 Å². The van der Waals surface area contributed by atoms with E-state index in [2.05, 4.69) is 5.32 Å². The highest BCUT2D eigenvalue weighted by Gasteiger charge is 2.16. The zero-order valence-corrected chi connectivity index (χ0v) is 8.85. The highest BCUT2D eigenvalue weighted by molar-refractivity contribution is 7.18. The van der Waals surface area contributed by atoms with Crippen LogP contribution in [0.25, 0.3) is 0 Å². The molecule has 1 atom stereocenters. The Kier molecular flexibility index (Phi) is 3.49. The number of carbonyl (C=O) groups excluding carboxylic acids is 1. The van der Waals surface area contributed by atoms with E-state index in [0.29, 0.717) is 9.21 Å². The molecule has 4 nitrogen and oxygen atoms in total. The molecule has 0 aromatic carbocycles. The van der Waals surface area contributed by atoms with Crippen LogP contribution in [-0.4, -0.2) is 23.0 Å². The number of thiophene rings is 1. The van der Waals surface area contributed by atoms with Crippen molar-refractivity contribution < 1.29 is 14.7 Å². The van der Waals surface area contributed by atoms with Crippen LogP contribution in [0.3, 0.4) is 0 Å². The predicted molar refractivity (Wildman–Crippen MR) is 53.9 cm³/mol. The molecular formula is C8H8ClNO3S. The smallest absolute Gasteiger partial charge is 0.325 e. The Labute approximate surface area is 89.5 Å². The average molecular weight is 234 g/mol. The zero-order chi connectivity index (χ0) is 10.7. The third-order valence-corrected chi connectivity index (χ3v) is 2.74. The molecule has 6 heteroatoms. The van der Waals surface area contributed by atoms with Crippen LogP contribution in [0.1, 0.15) is 16.6 Å². The maximum atomic E-state index is 11.4. The van der Waals surface area contributed by atoms with Crippen molar-refractivity contribution in [3.63, 3.8) is 0 Å². The molecule has 76 valence electrons. The third-order valence-electron chi connectivity index (χ3n) is 1.52. The number of hydrogen-bond donors (Lipinski definition) is 2. The Morgan fingerprint density at radius 2 is 2.21 bits per heavy atom. The summed E-state index contributed by atoms with van der Waals surface area (Å²) in [6, 6.07) is 2.24. The maximum absolute atomic E-state index is 11.4. The van der Waals surface area contributed by atoms with Gasteiger partial charge in [-0.15, -0.1) is 11.3 Å². The molecule has 0 aliphatic carbocycles. The molecule has 1 rings (SSSR count). The summed E-state index contributed by atoms with van der Waals surface area (Å²) in [4.78, 5) is 22.2. The molecule has 0 spiro atoms. The van der Waals surface area contributed by atoms with E-state index in [4.69, 9.17) is 16.7 Å². The van der Waals surface area contributed by atoms with E-state index in [1.807, 2.05) is 0 Å². The van der Waals surface area contributed by atoms with Gasteiger partial charge in [0.1, 0.15) is 6.04 Å². The summed E-state index contributed by atoms with van der Waals surface area (Å²) < 4.78 is 0.498. The van der Waals surface area contributed by atoms with Gasteiger partial charge in [-0.25, -0.2) is 0 Å². The van der Waals surface area contributed by atoms with Gasteiger partial charge in [0, 0.05) is 0 Å². The standard InChI is InChI=1S/C8H8ClNO3S/c1-4(8(12)13)10-7(11)5-2-3-6(9)14-5/h2-4H,1H3,(H,10,11)(H,12,13)/t4-/m1/s1. The predicted octanol–water partition coefficient (Wildman–Crippen LogP) is 1.60. The Morgan fingerprint density at radius 3 is 2.64 bits per heavy atom. The summed E-state index contributed by atoms with van der Waals surface area (Å²) >= 11 is 6.74. The first-order valence-electron chi connectivity index (χ1n) is 3.79. The second kappa shape index (κ2) is 4.43. The lowest BCUT2D eigenvalue weighted by molar-refractivity contribution is -0.138. The van der Waals surface area contributed by atoms with Gasteiger partial charge in [-0.05, 0) is 19.1 Å². The fourth-order valence-corrected chi connectivity index (χ4v) is 1.71. The monoisotopic (exact) mass is 233 g/mol. The van der Waals surface area contributed by atoms with Crippen molar-refractivity contribution in [2.24, 2.45) is 0 Å². The molecular weight excluding hydrogens is 226 g/mol. The summed E-state index contributed by atoms with van der Waals surface area (Å²) in [5.74, 6) is -1.49. The molecule has 1 amide bonds. The van der Waals surface area contributed by atoms with Crippen molar-refractivity contribution in [3.05, 3.63) is 21.3 Å². The minimum Gasteiger partial charge on any atom is -0.480 e. The average Bonchev–Trinajstić information content (AvgIpc) is 2.51. The number of carboxylic acids is 1. The summed E-state index contributed by atoms with van der Waals surface area (Å²) in [6.07, 6.45) is 0. The van der Waals surface area contributed by atoms with E-state index in [0.717, 1.165) is 11.3 Å². The normalized spacial score (nSPS) is 12.1. The number of amides is 1. The first kappa shape index (κ1) is 11.0. The molecule has 1 heterocycles. The molecule has 2 N–H and O–H groups in total. The number of aliphatic carboxylic acids is 1. The number of carbonyl (C=O) groups is 2. The highest BCUT2D eigenvalue weighted by atomic mass is 35.5. The molecule has 0 fully saturated rings. The van der Waals surface area contributed by atoms with Gasteiger partial charge in [0.15, 0.2) is 0 Å². The highest BCUT2D eigenvalue weighted by Crippen LogP contribution is 2.21. The molecule has 1 aromatic heterocycles. The largest absolute Gasteiger partial charge is 0.480 e. The van der Waals surface area contributed by atoms with Crippen LogP contribution >= 0.6 is 22.9 Å². The molecule has 0 aliphatic heterocycles. The van der Waals surface area contributed by atoms with Crippen LogP contribution < -0.4 is 5.32 Å². The molecule has 0 saturated heterocycles. The van der Waals surface area contributed by atoms with Crippen molar-refractivity contribution in [3.8, 4) is 0 Å². The first-order valence-corrected chi connectivity index (χ1v) is 4.99. The summed E-state index contributed by atoms with van der Waals surface area (Å²) in [6.45, 7) is 1.40. The van der Waals surface area contributed by atoms with E-state index in [9.17, 15) is 9.59 Å². The molecule has 0 saturated carbocycles. The van der Waals surface area contributed by atoms with Gasteiger partial charge >= 0.3 is 5.97 Å². The van der Waals surface area contributed by atoms with Crippen LogP contribution in [0.5, 0.6) is 0 Å². The number of carboxylic acid groups (broad SMARTS) is 1. The molecule has 14 heavy (non-hydrogen) atoms. The minimum absolute atomic E-state index is 0.406. The number of rotatable bonds is 3. The van der Waals surface area contributed by atoms with Crippen molar-refractivity contribution in [1.29, 1.82) is 0 Å². The Hall–Kier alpha value is -1.07. The molecule has 0 aliphatic rings. The van der Waals surface area contributed by atoms with E-state index in [1.54, 1.807) is 12.1 Å². The molecule has 0 unspecified atom stereocenters. The Morgan fingerprint density at radius 1 is 1.57 bits per heavy atom. The first-order chi connectivity index (χ1) is 6.50. The molecule has 0 bridgehead atoms. The zero-order valence-electron chi connectivity index (χ0n) is 7.28. The Balaban J connectivity index is 2.63. The fourth-order valence-electron chi connectivity index (χ4n) is 0.766. The fraction of sp³-hybridized carbons (Fsp3) is 0.250. The van der Waals surface area contributed by atoms with Gasteiger partial charge in [-0.2, -0.15) is 0 Å². The van der Waals surface area contributed by atoms with Crippen LogP contribution in [0.2, 0.25) is 4.34 Å². The van der Waals surface area contributed by atoms with Gasteiger partial charge in [0.2, 0.25) is 0 Å². The van der Waals surface area contributed by atoms with Crippen LogP contribution in [0, 0.1) is 0 Å². The lowest BCUT2D eigenvalue weighted by atomic mass is 10.3. The van der Waals surface area contributed by atoms with E-state index in [-0.39, 0.29) is 0 Å². The molecule has 0 radical (unpaired) electrons. The van der Waals surface area contributed by atoms with Crippen molar-refractivity contribution >= 4 is 34.8 Å². The topological polar surface area (TPSA) is 66.4 Å². The Bertz CT molecular complexity index is 363. The van der Waals surface area contributed by atoms with Gasteiger partial charge < -0.3 is 10.4 Å². The number of hydrogen-bond acceptors (Lipinski definition) is 3. The van der Waals surface area contributed by atoms with Crippen molar-refractivity contribution in [2.45, 2.75) is 13.0 Å². The lowest BCUT2D eigenvalue weighted by Crippen LogP contribution is -2.37. The summed E-state index contributed by atoms with van der Waals surface area (Å²) in [5.41, 5.74) is 0. The van der Waals surface area contributed by atoms with E-state index < -0.39 is 17.9 Å². The van der Waals surface area contributed by atoms with E-state index in [1.165, 1.54) is 6.92 Å². The lowest BCUT2D eigenvalue weighted by Gasteiger charge is -2.06. The van der Waals surface area contributed by atoms with Crippen LogP contribution in [0.4, 0.5) is 0 Å². The number of nitrogens with one attached hydrogen (secondary N) is 1. The summed E-state index contributed by atoms with van der Waals surface area (Å²) in [7, 11) is 0. The van der Waals surface area contributed by atoms with E-state index >= 15 is 0 Å². The van der Waals surface area contributed by atoms with Gasteiger partial charge in [-0.3, -0.25) is 9.59 Å². The van der Waals surface area contributed by atoms with Gasteiger partial charge in [0.25, 0.3) is 5.91 Å². The second-order valence-corrected chi connectivity index (χ2v) is 4.35. The SMILES string of the molecule is C[C@@H](NC(=O)c1ccc(Cl)s1)C(=O)O. The summed E-state index contributed by atoms with van der Waals surface area (Å²) in [5, 5.41) is 10.9. The number of halogens is 1. The minimum atomic E-state index is -1.07. The molecule has 1 aromatic rings.